The van der Waals surface area contributed by atoms with E-state index in [4.69, 9.17) is 9.84 Å². The number of anilines is 2. The summed E-state index contributed by atoms with van der Waals surface area (Å²) >= 11 is 0. The Morgan fingerprint density at radius 2 is 1.86 bits per heavy atom. The van der Waals surface area contributed by atoms with Crippen LogP contribution in [0.25, 0.3) is 5.78 Å². The molecule has 4 amide bonds. The molecule has 16 heteroatoms. The molecule has 2 fully saturated rings. The van der Waals surface area contributed by atoms with Gasteiger partial charge in [-0.25, -0.2) is 28.3 Å². The highest BCUT2D eigenvalue weighted by molar-refractivity contribution is 5.96. The molecule has 0 saturated carbocycles. The molecule has 44 heavy (non-hydrogen) atoms. The Balaban J connectivity index is 1.23. The predicted molar refractivity (Wildman–Crippen MR) is 152 cm³/mol. The van der Waals surface area contributed by atoms with Gasteiger partial charge in [0.15, 0.2) is 11.6 Å². The fourth-order valence-electron chi connectivity index (χ4n) is 5.23. The van der Waals surface area contributed by atoms with E-state index in [1.807, 2.05) is 13.8 Å². The topological polar surface area (TPSA) is 162 Å². The Bertz CT molecular complexity index is 1520. The molecule has 0 spiro atoms. The summed E-state index contributed by atoms with van der Waals surface area (Å²) in [5.74, 6) is -2.45. The predicted octanol–water partition coefficient (Wildman–Crippen LogP) is 2.09. The lowest BCUT2D eigenvalue weighted by molar-refractivity contribution is -0.134. The molecule has 2 aliphatic rings. The maximum absolute atomic E-state index is 15.3. The molecular weight excluding hydrogens is 582 g/mol. The van der Waals surface area contributed by atoms with Gasteiger partial charge in [0.1, 0.15) is 23.5 Å². The highest BCUT2D eigenvalue weighted by atomic mass is 19.1. The van der Waals surface area contributed by atoms with Crippen molar-refractivity contribution in [3.63, 3.8) is 0 Å². The molecule has 4 heterocycles. The van der Waals surface area contributed by atoms with E-state index in [2.05, 4.69) is 20.6 Å². The first kappa shape index (κ1) is 30.4. The lowest BCUT2D eigenvalue weighted by Crippen LogP contribution is -2.57. The second kappa shape index (κ2) is 12.7. The molecule has 3 N–H and O–H groups in total. The molecular formula is C28H32F2N8O6. The number of imidazole rings is 1. The number of hydrogen-bond donors (Lipinski definition) is 3. The van der Waals surface area contributed by atoms with E-state index in [9.17, 15) is 19.2 Å². The number of halogens is 2. The zero-order valence-corrected chi connectivity index (χ0v) is 24.1. The Morgan fingerprint density at radius 1 is 1.16 bits per heavy atom. The number of amides is 4. The van der Waals surface area contributed by atoms with E-state index in [0.717, 1.165) is 17.0 Å². The van der Waals surface area contributed by atoms with Crippen LogP contribution >= 0.6 is 0 Å². The van der Waals surface area contributed by atoms with Crippen molar-refractivity contribution in [3.05, 3.63) is 54.1 Å². The number of fused-ring (bicyclic) bond motifs is 1. The number of carboxylic acid groups (broad SMARTS) is 1. The van der Waals surface area contributed by atoms with Crippen molar-refractivity contribution >= 4 is 41.2 Å². The van der Waals surface area contributed by atoms with Crippen LogP contribution in [0.1, 0.15) is 30.8 Å². The van der Waals surface area contributed by atoms with Crippen LogP contribution in [0, 0.1) is 17.6 Å². The summed E-state index contributed by atoms with van der Waals surface area (Å²) < 4.78 is 37.2. The van der Waals surface area contributed by atoms with Gasteiger partial charge in [0.05, 0.1) is 18.8 Å². The van der Waals surface area contributed by atoms with Crippen molar-refractivity contribution in [1.82, 2.24) is 29.9 Å². The highest BCUT2D eigenvalue weighted by Crippen LogP contribution is 2.31. The van der Waals surface area contributed by atoms with Gasteiger partial charge in [-0.15, -0.1) is 0 Å². The van der Waals surface area contributed by atoms with Crippen molar-refractivity contribution in [2.75, 3.05) is 49.1 Å². The van der Waals surface area contributed by atoms with Crippen LogP contribution in [0.15, 0.2) is 36.8 Å². The fourth-order valence-corrected chi connectivity index (χ4v) is 5.23. The zero-order chi connectivity index (χ0) is 31.5. The number of hydrogen-bond acceptors (Lipinski definition) is 8. The lowest BCUT2D eigenvalue weighted by atomic mass is 9.97. The van der Waals surface area contributed by atoms with E-state index in [1.54, 1.807) is 27.8 Å². The van der Waals surface area contributed by atoms with E-state index in [-0.39, 0.29) is 68.2 Å². The third-order valence-corrected chi connectivity index (χ3v) is 7.81. The van der Waals surface area contributed by atoms with Crippen LogP contribution in [0.2, 0.25) is 0 Å². The minimum Gasteiger partial charge on any atom is -0.465 e. The smallest absolute Gasteiger partial charge is 0.414 e. The second-order valence-corrected chi connectivity index (χ2v) is 10.7. The molecule has 1 aromatic carbocycles. The van der Waals surface area contributed by atoms with Gasteiger partial charge in [0.25, 0.3) is 5.91 Å². The first-order valence-electron chi connectivity index (χ1n) is 14.1. The summed E-state index contributed by atoms with van der Waals surface area (Å²) in [4.78, 5) is 62.0. The summed E-state index contributed by atoms with van der Waals surface area (Å²) in [7, 11) is 0. The Morgan fingerprint density at radius 3 is 2.50 bits per heavy atom. The van der Waals surface area contributed by atoms with Crippen molar-refractivity contribution in [1.29, 1.82) is 0 Å². The molecule has 3 aromatic rings. The number of nitrogens with one attached hydrogen (secondary N) is 2. The molecule has 1 unspecified atom stereocenters. The maximum atomic E-state index is 15.3. The first-order chi connectivity index (χ1) is 21.0. The third-order valence-electron chi connectivity index (χ3n) is 7.81. The minimum atomic E-state index is -1.29. The fraction of sp³-hybridized carbons (Fsp3) is 0.429. The molecule has 2 saturated heterocycles. The number of ether oxygens (including phenoxy) is 1. The van der Waals surface area contributed by atoms with E-state index < -0.39 is 41.9 Å². The summed E-state index contributed by atoms with van der Waals surface area (Å²) in [6.07, 6.45) is 2.48. The van der Waals surface area contributed by atoms with E-state index in [0.29, 0.717) is 12.2 Å². The molecule has 3 atom stereocenters. The van der Waals surface area contributed by atoms with Crippen LogP contribution in [0.5, 0.6) is 0 Å². The van der Waals surface area contributed by atoms with Gasteiger partial charge >= 0.3 is 12.2 Å². The number of nitrogens with zero attached hydrogens (tertiary/aromatic N) is 6. The first-order valence-corrected chi connectivity index (χ1v) is 14.1. The SMILES string of the molecule is CCC(C)[C@H](NC(=O)c1cn2cccnc2n1)C(=O)N1CCN(c2c(F)cc(N3C[C@H](CNC(=O)O)OC3=O)cc2F)CC1. The monoisotopic (exact) mass is 614 g/mol. The van der Waals surface area contributed by atoms with E-state index in [1.165, 1.54) is 11.1 Å². The molecule has 2 aliphatic heterocycles. The standard InChI is InChI=1S/C28H32F2N8O6/c1-3-16(2)22(34-24(39)21-15-37-6-4-5-31-26(37)33-21)25(40)36-9-7-35(8-10-36)23-19(29)11-17(12-20(23)30)38-14-18(44-28(38)43)13-32-27(41)42/h4-6,11-12,15-16,18,22,32H,3,7-10,13-14H2,1-2H3,(H,34,39)(H,41,42)/t16?,18-,22-/m0/s1. The minimum absolute atomic E-state index is 0.0612. The summed E-state index contributed by atoms with van der Waals surface area (Å²) in [5, 5.41) is 13.7. The summed E-state index contributed by atoms with van der Waals surface area (Å²) in [6.45, 7) is 4.11. The molecule has 0 aliphatic carbocycles. The summed E-state index contributed by atoms with van der Waals surface area (Å²) in [5.41, 5.74) is -0.225. The zero-order valence-electron chi connectivity index (χ0n) is 24.1. The van der Waals surface area contributed by atoms with Gasteiger partial charge in [-0.2, -0.15) is 0 Å². The van der Waals surface area contributed by atoms with Crippen LogP contribution in [0.4, 0.5) is 29.7 Å². The van der Waals surface area contributed by atoms with Gasteiger partial charge < -0.3 is 30.3 Å². The van der Waals surface area contributed by atoms with E-state index >= 15 is 8.78 Å². The summed E-state index contributed by atoms with van der Waals surface area (Å²) in [6, 6.07) is 2.91. The second-order valence-electron chi connectivity index (χ2n) is 10.7. The van der Waals surface area contributed by atoms with Crippen LogP contribution < -0.4 is 20.4 Å². The van der Waals surface area contributed by atoms with Gasteiger partial charge in [0, 0.05) is 56.9 Å². The average Bonchev–Trinajstić information content (AvgIpc) is 3.61. The molecule has 14 nitrogen and oxygen atoms in total. The van der Waals surface area contributed by atoms with Gasteiger partial charge in [-0.3, -0.25) is 18.9 Å². The molecule has 234 valence electrons. The van der Waals surface area contributed by atoms with Gasteiger partial charge in [-0.05, 0) is 12.0 Å². The number of carbonyl (C=O) groups is 4. The third kappa shape index (κ3) is 6.33. The van der Waals surface area contributed by atoms with Crippen LogP contribution in [-0.4, -0.2) is 99.8 Å². The van der Waals surface area contributed by atoms with Crippen molar-refractivity contribution < 1.29 is 37.8 Å². The quantitative estimate of drug-likeness (QED) is 0.328. The molecule has 0 bridgehead atoms. The highest BCUT2D eigenvalue weighted by Gasteiger charge is 2.36. The Labute approximate surface area is 250 Å². The number of cyclic esters (lactones) is 1. The van der Waals surface area contributed by atoms with Gasteiger partial charge in [0.2, 0.25) is 11.7 Å². The van der Waals surface area contributed by atoms with Crippen LogP contribution in [0.3, 0.4) is 0 Å². The number of rotatable bonds is 9. The molecule has 2 aromatic heterocycles. The van der Waals surface area contributed by atoms with Crippen molar-refractivity contribution in [2.24, 2.45) is 5.92 Å². The Hall–Kier alpha value is -5.02. The van der Waals surface area contributed by atoms with Crippen molar-refractivity contribution in [3.8, 4) is 0 Å². The number of aromatic nitrogens is 3. The largest absolute Gasteiger partial charge is 0.465 e. The van der Waals surface area contributed by atoms with Crippen LogP contribution in [-0.2, 0) is 9.53 Å². The number of piperazine rings is 1. The average molecular weight is 615 g/mol. The normalized spacial score (nSPS) is 18.2. The number of benzene rings is 1. The Kier molecular flexibility index (Phi) is 8.78. The maximum Gasteiger partial charge on any atom is 0.414 e. The molecule has 5 rings (SSSR count). The van der Waals surface area contributed by atoms with Gasteiger partial charge in [-0.1, -0.05) is 20.3 Å². The lowest BCUT2D eigenvalue weighted by Gasteiger charge is -2.38. The van der Waals surface area contributed by atoms with Crippen molar-refractivity contribution in [2.45, 2.75) is 32.4 Å². The number of carbonyl (C=O) groups excluding carboxylic acids is 3. The molecule has 0 radical (unpaired) electrons.